The van der Waals surface area contributed by atoms with E-state index in [2.05, 4.69) is 5.32 Å². The van der Waals surface area contributed by atoms with Crippen molar-refractivity contribution in [3.05, 3.63) is 57.1 Å². The van der Waals surface area contributed by atoms with Crippen molar-refractivity contribution in [2.24, 2.45) is 0 Å². The number of hydrogen-bond donors (Lipinski definition) is 1. The first-order valence-corrected chi connectivity index (χ1v) is 7.07. The summed E-state index contributed by atoms with van der Waals surface area (Å²) in [5, 5.41) is 13.6. The molecule has 0 unspecified atom stereocenters. The zero-order valence-corrected chi connectivity index (χ0v) is 12.5. The second-order valence-corrected chi connectivity index (χ2v) is 5.14. The van der Waals surface area contributed by atoms with Crippen LogP contribution in [0.2, 0.25) is 5.02 Å². The highest BCUT2D eigenvalue weighted by molar-refractivity contribution is 6.34. The van der Waals surface area contributed by atoms with Crippen molar-refractivity contribution in [3.8, 4) is 11.5 Å². The van der Waals surface area contributed by atoms with E-state index in [1.54, 1.807) is 12.1 Å². The minimum absolute atomic E-state index is 0.0843. The molecule has 0 atom stereocenters. The van der Waals surface area contributed by atoms with Crippen LogP contribution < -0.4 is 14.8 Å². The molecule has 23 heavy (non-hydrogen) atoms. The fraction of sp³-hybridized carbons (Fsp3) is 0.133. The Balaban J connectivity index is 1.81. The monoisotopic (exact) mass is 334 g/mol. The average molecular weight is 335 g/mol. The van der Waals surface area contributed by atoms with Gasteiger partial charge in [-0.15, -0.1) is 0 Å². The molecule has 2 aromatic rings. The van der Waals surface area contributed by atoms with Crippen LogP contribution in [0.4, 0.5) is 11.4 Å². The maximum atomic E-state index is 12.2. The van der Waals surface area contributed by atoms with Crippen molar-refractivity contribution in [1.82, 2.24) is 0 Å². The van der Waals surface area contributed by atoms with E-state index in [-0.39, 0.29) is 11.3 Å². The Morgan fingerprint density at radius 2 is 1.74 bits per heavy atom. The first-order chi connectivity index (χ1) is 11.0. The highest BCUT2D eigenvalue weighted by Gasteiger charge is 2.17. The average Bonchev–Trinajstić information content (AvgIpc) is 2.55. The topological polar surface area (TPSA) is 90.7 Å². The van der Waals surface area contributed by atoms with Crippen LogP contribution in [0.15, 0.2) is 36.4 Å². The van der Waals surface area contributed by atoms with Gasteiger partial charge in [0.05, 0.1) is 15.6 Å². The van der Waals surface area contributed by atoms with E-state index in [1.165, 1.54) is 24.3 Å². The standard InChI is InChI=1S/C15H11ClN2O5/c16-11-7-13-14(23-6-5-22-13)8-12(11)17-15(19)9-1-3-10(4-2-9)18(20)21/h1-4,7-8H,5-6H2,(H,17,19). The Labute approximate surface area is 135 Å². The van der Waals surface area contributed by atoms with Crippen LogP contribution in [-0.2, 0) is 0 Å². The molecule has 1 aliphatic heterocycles. The number of hydrogen-bond acceptors (Lipinski definition) is 5. The molecule has 1 N–H and O–H groups in total. The number of rotatable bonds is 3. The highest BCUT2D eigenvalue weighted by Crippen LogP contribution is 2.38. The number of nitro groups is 1. The SMILES string of the molecule is O=C(Nc1cc2c(cc1Cl)OCCO2)c1ccc([N+](=O)[O-])cc1. The van der Waals surface area contributed by atoms with Gasteiger partial charge in [-0.05, 0) is 12.1 Å². The molecule has 3 rings (SSSR count). The summed E-state index contributed by atoms with van der Waals surface area (Å²) in [5.41, 5.74) is 0.569. The molecule has 0 radical (unpaired) electrons. The lowest BCUT2D eigenvalue weighted by molar-refractivity contribution is -0.384. The van der Waals surface area contributed by atoms with E-state index in [1.807, 2.05) is 0 Å². The summed E-state index contributed by atoms with van der Waals surface area (Å²) in [6, 6.07) is 8.43. The first-order valence-electron chi connectivity index (χ1n) is 6.69. The first kappa shape index (κ1) is 15.1. The number of fused-ring (bicyclic) bond motifs is 1. The van der Waals surface area contributed by atoms with Gasteiger partial charge < -0.3 is 14.8 Å². The lowest BCUT2D eigenvalue weighted by atomic mass is 10.2. The van der Waals surface area contributed by atoms with Crippen LogP contribution in [-0.4, -0.2) is 24.0 Å². The molecule has 1 amide bonds. The van der Waals surface area contributed by atoms with Crippen molar-refractivity contribution >= 4 is 28.9 Å². The summed E-state index contributed by atoms with van der Waals surface area (Å²) in [6.07, 6.45) is 0. The zero-order chi connectivity index (χ0) is 16.4. The lowest BCUT2D eigenvalue weighted by Gasteiger charge is -2.20. The van der Waals surface area contributed by atoms with Gasteiger partial charge in [0.15, 0.2) is 11.5 Å². The van der Waals surface area contributed by atoms with Gasteiger partial charge in [-0.2, -0.15) is 0 Å². The number of amides is 1. The predicted octanol–water partition coefficient (Wildman–Crippen LogP) is 3.27. The summed E-state index contributed by atoms with van der Waals surface area (Å²) in [4.78, 5) is 22.3. The lowest BCUT2D eigenvalue weighted by Crippen LogP contribution is -2.17. The van der Waals surface area contributed by atoms with Crippen LogP contribution in [0.5, 0.6) is 11.5 Å². The molecule has 7 nitrogen and oxygen atoms in total. The second-order valence-electron chi connectivity index (χ2n) is 4.73. The number of carbonyl (C=O) groups is 1. The van der Waals surface area contributed by atoms with E-state index in [0.717, 1.165) is 0 Å². The molecule has 0 saturated carbocycles. The number of nitrogens with zero attached hydrogens (tertiary/aromatic N) is 1. The summed E-state index contributed by atoms with van der Waals surface area (Å²) < 4.78 is 10.8. The predicted molar refractivity (Wildman–Crippen MR) is 83.5 cm³/mol. The fourth-order valence-electron chi connectivity index (χ4n) is 2.09. The molecule has 2 aromatic carbocycles. The van der Waals surface area contributed by atoms with Crippen molar-refractivity contribution < 1.29 is 19.2 Å². The van der Waals surface area contributed by atoms with Gasteiger partial charge in [0.25, 0.3) is 11.6 Å². The molecule has 8 heteroatoms. The van der Waals surface area contributed by atoms with E-state index in [4.69, 9.17) is 21.1 Å². The van der Waals surface area contributed by atoms with E-state index >= 15 is 0 Å². The fourth-order valence-corrected chi connectivity index (χ4v) is 2.29. The highest BCUT2D eigenvalue weighted by atomic mass is 35.5. The van der Waals surface area contributed by atoms with Crippen LogP contribution in [0.25, 0.3) is 0 Å². The van der Waals surface area contributed by atoms with Crippen LogP contribution in [0.3, 0.4) is 0 Å². The number of non-ortho nitro benzene ring substituents is 1. The van der Waals surface area contributed by atoms with E-state index < -0.39 is 10.8 Å². The number of benzene rings is 2. The number of ether oxygens (including phenoxy) is 2. The third-order valence-corrected chi connectivity index (χ3v) is 3.53. The van der Waals surface area contributed by atoms with Gasteiger partial charge in [-0.3, -0.25) is 14.9 Å². The molecule has 0 saturated heterocycles. The third kappa shape index (κ3) is 3.19. The number of nitro benzene ring substituents is 1. The Morgan fingerprint density at radius 1 is 1.13 bits per heavy atom. The number of halogens is 1. The second kappa shape index (κ2) is 6.13. The van der Waals surface area contributed by atoms with Gasteiger partial charge in [0, 0.05) is 29.8 Å². The zero-order valence-electron chi connectivity index (χ0n) is 11.7. The normalized spacial score (nSPS) is 12.6. The van der Waals surface area contributed by atoms with Gasteiger partial charge in [0.1, 0.15) is 13.2 Å². The Hall–Kier alpha value is -2.80. The van der Waals surface area contributed by atoms with Crippen molar-refractivity contribution in [3.63, 3.8) is 0 Å². The third-order valence-electron chi connectivity index (χ3n) is 3.22. The summed E-state index contributed by atoms with van der Waals surface area (Å²) in [7, 11) is 0. The molecular weight excluding hydrogens is 324 g/mol. The van der Waals surface area contributed by atoms with Gasteiger partial charge in [0.2, 0.25) is 0 Å². The van der Waals surface area contributed by atoms with Gasteiger partial charge >= 0.3 is 0 Å². The van der Waals surface area contributed by atoms with Crippen LogP contribution in [0.1, 0.15) is 10.4 Å². The van der Waals surface area contributed by atoms with Gasteiger partial charge in [-0.1, -0.05) is 11.6 Å². The Bertz CT molecular complexity index is 776. The van der Waals surface area contributed by atoms with Crippen molar-refractivity contribution in [2.75, 3.05) is 18.5 Å². The number of carbonyl (C=O) groups excluding carboxylic acids is 1. The smallest absolute Gasteiger partial charge is 0.269 e. The maximum Gasteiger partial charge on any atom is 0.269 e. The Morgan fingerprint density at radius 3 is 2.35 bits per heavy atom. The largest absolute Gasteiger partial charge is 0.486 e. The number of anilines is 1. The molecule has 0 aromatic heterocycles. The molecule has 0 fully saturated rings. The quantitative estimate of drug-likeness (QED) is 0.687. The van der Waals surface area contributed by atoms with Crippen molar-refractivity contribution in [1.29, 1.82) is 0 Å². The molecular formula is C15H11ClN2O5. The molecule has 118 valence electrons. The van der Waals surface area contributed by atoms with Crippen LogP contribution >= 0.6 is 11.6 Å². The summed E-state index contributed by atoms with van der Waals surface area (Å²) >= 11 is 6.12. The minimum Gasteiger partial charge on any atom is -0.486 e. The maximum absolute atomic E-state index is 12.2. The number of nitrogens with one attached hydrogen (secondary N) is 1. The van der Waals surface area contributed by atoms with E-state index in [9.17, 15) is 14.9 Å². The van der Waals surface area contributed by atoms with Crippen LogP contribution in [0, 0.1) is 10.1 Å². The van der Waals surface area contributed by atoms with E-state index in [0.29, 0.717) is 35.4 Å². The van der Waals surface area contributed by atoms with Crippen molar-refractivity contribution in [2.45, 2.75) is 0 Å². The van der Waals surface area contributed by atoms with Gasteiger partial charge in [-0.25, -0.2) is 0 Å². The summed E-state index contributed by atoms with van der Waals surface area (Å²) in [6.45, 7) is 0.863. The molecule has 1 heterocycles. The minimum atomic E-state index is -0.528. The molecule has 0 bridgehead atoms. The molecule has 1 aliphatic rings. The Kier molecular flexibility index (Phi) is 4.03. The molecule has 0 aliphatic carbocycles. The molecule has 0 spiro atoms. The summed E-state index contributed by atoms with van der Waals surface area (Å²) in [5.74, 6) is 0.590.